The van der Waals surface area contributed by atoms with Gasteiger partial charge in [-0.3, -0.25) is 4.79 Å². The van der Waals surface area contributed by atoms with Crippen molar-refractivity contribution in [1.29, 1.82) is 0 Å². The van der Waals surface area contributed by atoms with Crippen LogP contribution in [0.3, 0.4) is 0 Å². The van der Waals surface area contributed by atoms with Crippen LogP contribution in [-0.4, -0.2) is 33.8 Å². The zero-order valence-corrected chi connectivity index (χ0v) is 15.6. The first-order valence-electron chi connectivity index (χ1n) is 8.74. The molecule has 1 aliphatic rings. The lowest BCUT2D eigenvalue weighted by Gasteiger charge is -2.36. The number of ether oxygens (including phenoxy) is 1. The average molecular weight is 352 g/mol. The molecule has 0 bridgehead atoms. The number of hydrogen-bond acceptors (Lipinski definition) is 6. The molecule has 0 saturated heterocycles. The van der Waals surface area contributed by atoms with Crippen LogP contribution in [0.2, 0.25) is 0 Å². The van der Waals surface area contributed by atoms with Crippen molar-refractivity contribution in [3.05, 3.63) is 11.7 Å². The van der Waals surface area contributed by atoms with Gasteiger partial charge in [0.2, 0.25) is 11.8 Å². The van der Waals surface area contributed by atoms with Gasteiger partial charge in [0.05, 0.1) is 0 Å². The zero-order chi connectivity index (χ0) is 18.7. The van der Waals surface area contributed by atoms with E-state index in [0.29, 0.717) is 11.7 Å². The SMILES string of the molecule is Cc1nc(C2(NC(=O)[C@@H](C)NC(=O)OC(C)(C)C)CCCCC2)no1. The number of rotatable bonds is 4. The number of alkyl carbamates (subject to hydrolysis) is 1. The second-order valence-electron chi connectivity index (χ2n) is 7.64. The summed E-state index contributed by atoms with van der Waals surface area (Å²) in [5.41, 5.74) is -1.26. The molecule has 0 aromatic carbocycles. The molecule has 1 fully saturated rings. The molecule has 8 heteroatoms. The van der Waals surface area contributed by atoms with Crippen molar-refractivity contribution in [2.24, 2.45) is 0 Å². The summed E-state index contributed by atoms with van der Waals surface area (Å²) in [5, 5.41) is 9.62. The summed E-state index contributed by atoms with van der Waals surface area (Å²) in [6, 6.07) is -0.735. The van der Waals surface area contributed by atoms with E-state index in [9.17, 15) is 9.59 Å². The summed E-state index contributed by atoms with van der Waals surface area (Å²) in [5.74, 6) is 0.673. The Morgan fingerprint density at radius 1 is 1.24 bits per heavy atom. The van der Waals surface area contributed by atoms with E-state index < -0.39 is 23.3 Å². The molecule has 1 saturated carbocycles. The van der Waals surface area contributed by atoms with Gasteiger partial charge in [-0.05, 0) is 40.5 Å². The van der Waals surface area contributed by atoms with Crippen molar-refractivity contribution in [3.8, 4) is 0 Å². The molecule has 0 radical (unpaired) electrons. The largest absolute Gasteiger partial charge is 0.444 e. The van der Waals surface area contributed by atoms with Crippen LogP contribution in [-0.2, 0) is 15.1 Å². The predicted octanol–water partition coefficient (Wildman–Crippen LogP) is 2.57. The molecular formula is C17H28N4O4. The number of carbonyl (C=O) groups is 2. The molecule has 0 aliphatic heterocycles. The van der Waals surface area contributed by atoms with E-state index in [1.807, 2.05) is 0 Å². The molecule has 25 heavy (non-hydrogen) atoms. The van der Waals surface area contributed by atoms with Gasteiger partial charge < -0.3 is 19.9 Å². The maximum atomic E-state index is 12.6. The topological polar surface area (TPSA) is 106 Å². The lowest BCUT2D eigenvalue weighted by Crippen LogP contribution is -2.54. The lowest BCUT2D eigenvalue weighted by molar-refractivity contribution is -0.125. The highest BCUT2D eigenvalue weighted by molar-refractivity contribution is 5.85. The van der Waals surface area contributed by atoms with Gasteiger partial charge in [0, 0.05) is 6.92 Å². The Balaban J connectivity index is 2.05. The first-order chi connectivity index (χ1) is 11.6. The van der Waals surface area contributed by atoms with Gasteiger partial charge in [-0.1, -0.05) is 24.4 Å². The quantitative estimate of drug-likeness (QED) is 0.862. The van der Waals surface area contributed by atoms with Crippen LogP contribution >= 0.6 is 0 Å². The van der Waals surface area contributed by atoms with Crippen molar-refractivity contribution < 1.29 is 18.8 Å². The van der Waals surface area contributed by atoms with Crippen molar-refractivity contribution >= 4 is 12.0 Å². The van der Waals surface area contributed by atoms with E-state index in [1.54, 1.807) is 34.6 Å². The summed E-state index contributed by atoms with van der Waals surface area (Å²) in [6.45, 7) is 8.66. The van der Waals surface area contributed by atoms with Gasteiger partial charge in [-0.15, -0.1) is 0 Å². The molecule has 1 heterocycles. The molecule has 1 aliphatic carbocycles. The minimum absolute atomic E-state index is 0.296. The minimum Gasteiger partial charge on any atom is -0.444 e. The third-order valence-corrected chi connectivity index (χ3v) is 4.15. The summed E-state index contributed by atoms with van der Waals surface area (Å²) in [6.07, 6.45) is 3.93. The van der Waals surface area contributed by atoms with Crippen LogP contribution in [0, 0.1) is 6.92 Å². The number of nitrogens with zero attached hydrogens (tertiary/aromatic N) is 2. The molecule has 140 valence electrons. The Morgan fingerprint density at radius 2 is 1.88 bits per heavy atom. The van der Waals surface area contributed by atoms with Crippen molar-refractivity contribution in [2.75, 3.05) is 0 Å². The predicted molar refractivity (Wildman–Crippen MR) is 90.8 cm³/mol. The molecular weight excluding hydrogens is 324 g/mol. The van der Waals surface area contributed by atoms with Crippen LogP contribution in [0.5, 0.6) is 0 Å². The van der Waals surface area contributed by atoms with Crippen LogP contribution < -0.4 is 10.6 Å². The highest BCUT2D eigenvalue weighted by Gasteiger charge is 2.40. The van der Waals surface area contributed by atoms with Crippen LogP contribution in [0.15, 0.2) is 4.52 Å². The molecule has 2 amide bonds. The number of hydrogen-bond donors (Lipinski definition) is 2. The summed E-state index contributed by atoms with van der Waals surface area (Å²) >= 11 is 0. The molecule has 2 rings (SSSR count). The van der Waals surface area contributed by atoms with Gasteiger partial charge >= 0.3 is 6.09 Å². The van der Waals surface area contributed by atoms with Crippen LogP contribution in [0.1, 0.15) is 71.5 Å². The second kappa shape index (κ2) is 7.41. The molecule has 2 N–H and O–H groups in total. The van der Waals surface area contributed by atoms with Crippen molar-refractivity contribution in [1.82, 2.24) is 20.8 Å². The molecule has 1 aromatic heterocycles. The summed E-state index contributed by atoms with van der Waals surface area (Å²) in [4.78, 5) is 28.8. The van der Waals surface area contributed by atoms with Crippen molar-refractivity contribution in [3.63, 3.8) is 0 Å². The van der Waals surface area contributed by atoms with Gasteiger partial charge in [0.1, 0.15) is 17.2 Å². The normalized spacial score (nSPS) is 18.3. The Hall–Kier alpha value is -2.12. The Kier molecular flexibility index (Phi) is 5.69. The third kappa shape index (κ3) is 5.17. The van der Waals surface area contributed by atoms with Crippen molar-refractivity contribution in [2.45, 2.75) is 83.9 Å². The molecule has 1 atom stereocenters. The number of amides is 2. The van der Waals surface area contributed by atoms with E-state index >= 15 is 0 Å². The van der Waals surface area contributed by atoms with E-state index in [2.05, 4.69) is 20.8 Å². The summed E-state index contributed by atoms with van der Waals surface area (Å²) < 4.78 is 10.3. The highest BCUT2D eigenvalue weighted by Crippen LogP contribution is 2.35. The molecule has 8 nitrogen and oxygen atoms in total. The van der Waals surface area contributed by atoms with E-state index in [0.717, 1.165) is 32.1 Å². The standard InChI is InChI=1S/C17H28N4O4/c1-11(18-15(23)24-16(3,4)5)13(22)20-17(9-7-6-8-10-17)14-19-12(2)25-21-14/h11H,6-10H2,1-5H3,(H,18,23)(H,20,22)/t11-/m1/s1. The van der Waals surface area contributed by atoms with E-state index in [-0.39, 0.29) is 5.91 Å². The first-order valence-corrected chi connectivity index (χ1v) is 8.74. The van der Waals surface area contributed by atoms with Gasteiger partial charge in [-0.2, -0.15) is 4.98 Å². The Morgan fingerprint density at radius 3 is 2.40 bits per heavy atom. The monoisotopic (exact) mass is 352 g/mol. The number of nitrogens with one attached hydrogen (secondary N) is 2. The number of carbonyl (C=O) groups excluding carboxylic acids is 2. The molecule has 0 spiro atoms. The number of aromatic nitrogens is 2. The fraction of sp³-hybridized carbons (Fsp3) is 0.765. The zero-order valence-electron chi connectivity index (χ0n) is 15.6. The Labute approximate surface area is 148 Å². The van der Waals surface area contributed by atoms with Gasteiger partial charge in [0.25, 0.3) is 0 Å². The summed E-state index contributed by atoms with van der Waals surface area (Å²) in [7, 11) is 0. The third-order valence-electron chi connectivity index (χ3n) is 4.15. The second-order valence-corrected chi connectivity index (χ2v) is 7.64. The van der Waals surface area contributed by atoms with Gasteiger partial charge in [0.15, 0.2) is 5.82 Å². The van der Waals surface area contributed by atoms with Crippen LogP contribution in [0.4, 0.5) is 4.79 Å². The maximum absolute atomic E-state index is 12.6. The fourth-order valence-electron chi connectivity index (χ4n) is 2.95. The molecule has 1 aromatic rings. The highest BCUT2D eigenvalue weighted by atomic mass is 16.6. The maximum Gasteiger partial charge on any atom is 0.408 e. The average Bonchev–Trinajstić information content (AvgIpc) is 2.93. The molecule has 0 unspecified atom stereocenters. The van der Waals surface area contributed by atoms with E-state index in [1.165, 1.54) is 0 Å². The Bertz CT molecular complexity index is 614. The van der Waals surface area contributed by atoms with E-state index in [4.69, 9.17) is 9.26 Å². The first kappa shape index (κ1) is 19.2. The minimum atomic E-state index is -0.735. The van der Waals surface area contributed by atoms with Crippen LogP contribution in [0.25, 0.3) is 0 Å². The van der Waals surface area contributed by atoms with Gasteiger partial charge in [-0.25, -0.2) is 4.79 Å². The fourth-order valence-corrected chi connectivity index (χ4v) is 2.95. The number of aryl methyl sites for hydroxylation is 1. The smallest absolute Gasteiger partial charge is 0.408 e. The lowest BCUT2D eigenvalue weighted by atomic mass is 9.80.